The molecule has 0 spiro atoms. The van der Waals surface area contributed by atoms with Gasteiger partial charge in [0.2, 0.25) is 5.91 Å². The lowest BCUT2D eigenvalue weighted by atomic mass is 9.75. The molecule has 7 nitrogen and oxygen atoms in total. The molecule has 0 aromatic heterocycles. The quantitative estimate of drug-likeness (QED) is 0.751. The molecule has 34 heavy (non-hydrogen) atoms. The van der Waals surface area contributed by atoms with Crippen molar-refractivity contribution in [3.63, 3.8) is 0 Å². The Labute approximate surface area is 201 Å². The third-order valence-corrected chi connectivity index (χ3v) is 7.80. The van der Waals surface area contributed by atoms with Crippen LogP contribution in [-0.2, 0) is 20.7 Å². The minimum Gasteiger partial charge on any atom is -0.377 e. The molecule has 5 rings (SSSR count). The second kappa shape index (κ2) is 9.39. The van der Waals surface area contributed by atoms with Crippen molar-refractivity contribution in [1.82, 2.24) is 15.1 Å². The number of hydrogen-bond donors (Lipinski definition) is 1. The highest BCUT2D eigenvalue weighted by atomic mass is 16.5. The maximum absolute atomic E-state index is 13.7. The summed E-state index contributed by atoms with van der Waals surface area (Å²) < 4.78 is 11.6. The number of methoxy groups -OCH3 is 2. The van der Waals surface area contributed by atoms with Crippen LogP contribution in [0, 0.1) is 5.92 Å². The van der Waals surface area contributed by atoms with Crippen molar-refractivity contribution in [3.8, 4) is 0 Å². The van der Waals surface area contributed by atoms with Crippen molar-refractivity contribution < 1.29 is 19.1 Å². The van der Waals surface area contributed by atoms with Gasteiger partial charge >= 0.3 is 6.03 Å². The van der Waals surface area contributed by atoms with E-state index in [4.69, 9.17) is 9.47 Å². The zero-order valence-corrected chi connectivity index (χ0v) is 20.0. The highest BCUT2D eigenvalue weighted by Crippen LogP contribution is 2.45. The SMILES string of the molecule is COC1CC2C(=O)N3CCc4ccccc4C3CC2N(C(=O)N[C@H](C)c2ccccc2)C1OC. The molecule has 3 aliphatic rings. The summed E-state index contributed by atoms with van der Waals surface area (Å²) in [6.07, 6.45) is 1.16. The minimum atomic E-state index is -0.563. The average Bonchev–Trinajstić information content (AvgIpc) is 2.88. The smallest absolute Gasteiger partial charge is 0.320 e. The van der Waals surface area contributed by atoms with Crippen molar-refractivity contribution in [2.75, 3.05) is 20.8 Å². The van der Waals surface area contributed by atoms with Gasteiger partial charge < -0.3 is 19.7 Å². The van der Waals surface area contributed by atoms with Crippen LogP contribution in [-0.4, -0.2) is 60.9 Å². The van der Waals surface area contributed by atoms with Crippen molar-refractivity contribution >= 4 is 11.9 Å². The number of piperidine rings is 2. The summed E-state index contributed by atoms with van der Waals surface area (Å²) in [7, 11) is 3.22. The molecule has 180 valence electrons. The van der Waals surface area contributed by atoms with Crippen LogP contribution in [0.25, 0.3) is 0 Å². The van der Waals surface area contributed by atoms with Crippen molar-refractivity contribution in [1.29, 1.82) is 0 Å². The number of hydrogen-bond acceptors (Lipinski definition) is 4. The molecule has 1 N–H and O–H groups in total. The summed E-state index contributed by atoms with van der Waals surface area (Å²) in [5.74, 6) is -0.197. The number of amides is 3. The number of carbonyl (C=O) groups is 2. The lowest BCUT2D eigenvalue weighted by Gasteiger charge is -2.54. The Balaban J connectivity index is 1.47. The summed E-state index contributed by atoms with van der Waals surface area (Å²) >= 11 is 0. The number of urea groups is 1. The first-order chi connectivity index (χ1) is 16.5. The van der Waals surface area contributed by atoms with Crippen LogP contribution in [0.3, 0.4) is 0 Å². The van der Waals surface area contributed by atoms with Gasteiger partial charge in [-0.3, -0.25) is 9.69 Å². The predicted octanol–water partition coefficient (Wildman–Crippen LogP) is 3.66. The van der Waals surface area contributed by atoms with Gasteiger partial charge in [0, 0.05) is 20.8 Å². The van der Waals surface area contributed by atoms with Crippen molar-refractivity contribution in [2.24, 2.45) is 5.92 Å². The van der Waals surface area contributed by atoms with Gasteiger partial charge in [-0.1, -0.05) is 54.6 Å². The fourth-order valence-electron chi connectivity index (χ4n) is 6.07. The second-order valence-electron chi connectivity index (χ2n) is 9.53. The molecule has 0 saturated carbocycles. The summed E-state index contributed by atoms with van der Waals surface area (Å²) in [5.41, 5.74) is 3.51. The Bertz CT molecular complexity index is 1050. The molecular weight excluding hydrogens is 430 g/mol. The number of likely N-dealkylation sites (tertiary alicyclic amines) is 1. The van der Waals surface area contributed by atoms with Gasteiger partial charge in [0.05, 0.1) is 24.0 Å². The predicted molar refractivity (Wildman–Crippen MR) is 128 cm³/mol. The number of nitrogens with zero attached hydrogens (tertiary/aromatic N) is 2. The topological polar surface area (TPSA) is 71.1 Å². The maximum atomic E-state index is 13.7. The Hall–Kier alpha value is -2.90. The molecule has 2 saturated heterocycles. The van der Waals surface area contributed by atoms with Crippen LogP contribution in [0.5, 0.6) is 0 Å². The normalized spacial score (nSPS) is 29.0. The maximum Gasteiger partial charge on any atom is 0.320 e. The first-order valence-electron chi connectivity index (χ1n) is 12.1. The van der Waals surface area contributed by atoms with Gasteiger partial charge in [-0.2, -0.15) is 0 Å². The molecule has 3 heterocycles. The van der Waals surface area contributed by atoms with E-state index in [0.29, 0.717) is 19.4 Å². The minimum absolute atomic E-state index is 0.0304. The second-order valence-corrected chi connectivity index (χ2v) is 9.53. The third kappa shape index (κ3) is 3.87. The summed E-state index contributed by atoms with van der Waals surface area (Å²) in [6.45, 7) is 2.68. The van der Waals surface area contributed by atoms with E-state index in [1.807, 2.05) is 48.2 Å². The van der Waals surface area contributed by atoms with E-state index < -0.39 is 6.23 Å². The fraction of sp³-hybridized carbons (Fsp3) is 0.481. The highest BCUT2D eigenvalue weighted by Gasteiger charge is 2.54. The number of fused-ring (bicyclic) bond motifs is 4. The largest absolute Gasteiger partial charge is 0.377 e. The molecular formula is C27H33N3O4. The molecule has 6 atom stereocenters. The van der Waals surface area contributed by atoms with E-state index in [1.54, 1.807) is 19.1 Å². The number of ether oxygens (including phenoxy) is 2. The summed E-state index contributed by atoms with van der Waals surface area (Å²) in [4.78, 5) is 31.2. The van der Waals surface area contributed by atoms with E-state index in [-0.39, 0.29) is 42.1 Å². The Morgan fingerprint density at radius 2 is 1.76 bits per heavy atom. The zero-order valence-electron chi connectivity index (χ0n) is 20.0. The Morgan fingerprint density at radius 3 is 2.50 bits per heavy atom. The molecule has 3 aliphatic heterocycles. The molecule has 3 amide bonds. The molecule has 0 radical (unpaired) electrons. The van der Waals surface area contributed by atoms with Crippen LogP contribution in [0.4, 0.5) is 4.79 Å². The molecule has 0 aliphatic carbocycles. The molecule has 5 unspecified atom stereocenters. The van der Waals surface area contributed by atoms with Crippen molar-refractivity contribution in [3.05, 3.63) is 71.3 Å². The van der Waals surface area contributed by atoms with Crippen LogP contribution < -0.4 is 5.32 Å². The van der Waals surface area contributed by atoms with Gasteiger partial charge in [-0.05, 0) is 42.9 Å². The first-order valence-corrected chi connectivity index (χ1v) is 12.1. The number of carbonyl (C=O) groups excluding carboxylic acids is 2. The van der Waals surface area contributed by atoms with Crippen molar-refractivity contribution in [2.45, 2.75) is 56.6 Å². The van der Waals surface area contributed by atoms with E-state index in [9.17, 15) is 9.59 Å². The molecule has 2 aromatic rings. The number of benzene rings is 2. The molecule has 2 aromatic carbocycles. The van der Waals surface area contributed by atoms with E-state index in [2.05, 4.69) is 23.5 Å². The Kier molecular flexibility index (Phi) is 6.32. The Morgan fingerprint density at radius 1 is 1.03 bits per heavy atom. The molecule has 7 heteroatoms. The molecule has 2 fully saturated rings. The van der Waals surface area contributed by atoms with E-state index in [1.165, 1.54) is 11.1 Å². The fourth-order valence-corrected chi connectivity index (χ4v) is 6.07. The monoisotopic (exact) mass is 463 g/mol. The van der Waals surface area contributed by atoms with Gasteiger partial charge in [0.1, 0.15) is 6.10 Å². The van der Waals surface area contributed by atoms with Crippen LogP contribution in [0.2, 0.25) is 0 Å². The number of rotatable bonds is 4. The standard InChI is InChI=1S/C27H33N3O4/c1-17(18-9-5-4-6-10-18)28-27(32)30-23-16-22-20-12-8-7-11-19(20)13-14-29(22)25(31)21(23)15-24(33-2)26(30)34-3/h4-12,17,21-24,26H,13-16H2,1-3H3,(H,28,32)/t17-,21?,22?,23?,24?,26?/m1/s1. The highest BCUT2D eigenvalue weighted by molar-refractivity contribution is 5.84. The molecule has 0 bridgehead atoms. The lowest BCUT2D eigenvalue weighted by Crippen LogP contribution is -2.68. The first kappa shape index (κ1) is 22.9. The average molecular weight is 464 g/mol. The summed E-state index contributed by atoms with van der Waals surface area (Å²) in [5, 5.41) is 3.14. The van der Waals surface area contributed by atoms with Crippen LogP contribution in [0.1, 0.15) is 48.5 Å². The third-order valence-electron chi connectivity index (χ3n) is 7.80. The zero-order chi connectivity index (χ0) is 23.8. The van der Waals surface area contributed by atoms with Gasteiger partial charge in [0.15, 0.2) is 6.23 Å². The van der Waals surface area contributed by atoms with Gasteiger partial charge in [0.25, 0.3) is 0 Å². The van der Waals surface area contributed by atoms with Gasteiger partial charge in [-0.25, -0.2) is 4.79 Å². The lowest BCUT2D eigenvalue weighted by molar-refractivity contribution is -0.181. The summed E-state index contributed by atoms with van der Waals surface area (Å²) in [6, 6.07) is 17.5. The van der Waals surface area contributed by atoms with Crippen LogP contribution >= 0.6 is 0 Å². The van der Waals surface area contributed by atoms with E-state index in [0.717, 1.165) is 12.0 Å². The van der Waals surface area contributed by atoms with Crippen LogP contribution in [0.15, 0.2) is 54.6 Å². The van der Waals surface area contributed by atoms with E-state index >= 15 is 0 Å². The number of nitrogens with one attached hydrogen (secondary N) is 1. The van der Waals surface area contributed by atoms with Gasteiger partial charge in [-0.15, -0.1) is 0 Å².